The smallest absolute Gasteiger partial charge is 0.0382 e. The first kappa shape index (κ1) is 30.3. The van der Waals surface area contributed by atoms with Gasteiger partial charge >= 0.3 is 0 Å². The minimum atomic E-state index is -0.0691. The number of aromatic nitrogens is 5. The van der Waals surface area contributed by atoms with Gasteiger partial charge in [-0.05, 0) is 180 Å². The van der Waals surface area contributed by atoms with Crippen LogP contribution in [0.3, 0.4) is 0 Å². The van der Waals surface area contributed by atoms with Crippen molar-refractivity contribution in [3.05, 3.63) is 145 Å². The molecule has 1 aliphatic carbocycles. The minimum absolute atomic E-state index is 0.0691. The molecule has 6 rings (SSSR count). The Balaban J connectivity index is 1.88. The van der Waals surface area contributed by atoms with E-state index in [0.717, 1.165) is 68.1 Å². The van der Waals surface area contributed by atoms with Gasteiger partial charge < -0.3 is 0 Å². The summed E-state index contributed by atoms with van der Waals surface area (Å²) in [4.78, 5) is 23.9. The summed E-state index contributed by atoms with van der Waals surface area (Å²) in [5, 5.41) is 0. The summed E-state index contributed by atoms with van der Waals surface area (Å²) in [5.74, 6) is -0.0691. The van der Waals surface area contributed by atoms with Crippen molar-refractivity contribution in [2.24, 2.45) is 0 Å². The predicted molar refractivity (Wildman–Crippen MR) is 185 cm³/mol. The van der Waals surface area contributed by atoms with Crippen LogP contribution in [0.1, 0.15) is 90.7 Å². The number of hydrogen-bond donors (Lipinski definition) is 0. The summed E-state index contributed by atoms with van der Waals surface area (Å²) in [6, 6.07) is 22.4. The SMILES string of the molecule is Cc1cc(C2=C(c3cc(C)nc(C)c3)C(c3cc(C)nc(C)c3)C(c3cc(C)nc(C)c3)=C2c2cc(C)nc(C)c2)cc(C)n1. The van der Waals surface area contributed by atoms with E-state index in [4.69, 9.17) is 24.9 Å². The maximum Gasteiger partial charge on any atom is 0.0382 e. The van der Waals surface area contributed by atoms with Crippen molar-refractivity contribution in [1.82, 2.24) is 24.9 Å². The summed E-state index contributed by atoms with van der Waals surface area (Å²) in [6.45, 7) is 20.9. The van der Waals surface area contributed by atoms with Crippen molar-refractivity contribution < 1.29 is 0 Å². The first-order chi connectivity index (χ1) is 21.4. The van der Waals surface area contributed by atoms with Crippen molar-refractivity contribution in [2.45, 2.75) is 75.2 Å². The molecule has 5 heterocycles. The molecule has 0 bridgehead atoms. The second-order valence-electron chi connectivity index (χ2n) is 12.7. The van der Waals surface area contributed by atoms with Crippen molar-refractivity contribution in [2.75, 3.05) is 0 Å². The number of pyridine rings is 5. The summed E-state index contributed by atoms with van der Waals surface area (Å²) in [6.07, 6.45) is 0. The van der Waals surface area contributed by atoms with Gasteiger partial charge in [0.15, 0.2) is 0 Å². The molecule has 0 aliphatic heterocycles. The van der Waals surface area contributed by atoms with E-state index in [1.807, 2.05) is 0 Å². The maximum absolute atomic E-state index is 4.79. The van der Waals surface area contributed by atoms with Gasteiger partial charge in [-0.15, -0.1) is 0 Å². The molecule has 5 aromatic rings. The van der Waals surface area contributed by atoms with Crippen molar-refractivity contribution in [3.63, 3.8) is 0 Å². The maximum atomic E-state index is 4.79. The van der Waals surface area contributed by atoms with E-state index < -0.39 is 0 Å². The molecule has 226 valence electrons. The second kappa shape index (κ2) is 11.6. The molecular formula is C40H41N5. The Morgan fingerprint density at radius 2 is 0.533 bits per heavy atom. The largest absolute Gasteiger partial charge is 0.258 e. The molecule has 5 nitrogen and oxygen atoms in total. The van der Waals surface area contributed by atoms with Crippen LogP contribution in [0.15, 0.2) is 60.7 Å². The first-order valence-corrected chi connectivity index (χ1v) is 15.6. The molecule has 0 amide bonds. The Morgan fingerprint density at radius 1 is 0.311 bits per heavy atom. The fourth-order valence-corrected chi connectivity index (χ4v) is 7.23. The Labute approximate surface area is 267 Å². The average molecular weight is 592 g/mol. The highest BCUT2D eigenvalue weighted by Crippen LogP contribution is 2.59. The number of aryl methyl sites for hydroxylation is 10. The lowest BCUT2D eigenvalue weighted by atomic mass is 9.80. The fraction of sp³-hybridized carbons (Fsp3) is 0.275. The lowest BCUT2D eigenvalue weighted by Crippen LogP contribution is -2.07. The average Bonchev–Trinajstić information content (AvgIpc) is 3.27. The van der Waals surface area contributed by atoms with E-state index >= 15 is 0 Å². The van der Waals surface area contributed by atoms with Crippen molar-refractivity contribution in [3.8, 4) is 0 Å². The van der Waals surface area contributed by atoms with Gasteiger partial charge in [-0.25, -0.2) is 0 Å². The fourth-order valence-electron chi connectivity index (χ4n) is 7.23. The molecule has 0 unspecified atom stereocenters. The van der Waals surface area contributed by atoms with Crippen LogP contribution in [-0.2, 0) is 0 Å². The zero-order chi connectivity index (χ0) is 32.2. The molecule has 5 heteroatoms. The third-order valence-electron chi connectivity index (χ3n) is 8.33. The summed E-state index contributed by atoms with van der Waals surface area (Å²) in [7, 11) is 0. The number of allylic oxidation sites excluding steroid dienone is 4. The normalized spacial score (nSPS) is 13.7. The van der Waals surface area contributed by atoms with Gasteiger partial charge in [0.1, 0.15) is 0 Å². The van der Waals surface area contributed by atoms with Crippen LogP contribution in [-0.4, -0.2) is 24.9 Å². The topological polar surface area (TPSA) is 64.5 Å². The molecule has 0 saturated heterocycles. The zero-order valence-electron chi connectivity index (χ0n) is 28.1. The van der Waals surface area contributed by atoms with E-state index in [1.165, 1.54) is 39.0 Å². The zero-order valence-corrected chi connectivity index (χ0v) is 28.1. The highest BCUT2D eigenvalue weighted by molar-refractivity contribution is 6.30. The van der Waals surface area contributed by atoms with Crippen LogP contribution in [0.25, 0.3) is 22.3 Å². The van der Waals surface area contributed by atoms with E-state index in [1.54, 1.807) is 0 Å². The van der Waals surface area contributed by atoms with E-state index in [0.29, 0.717) is 0 Å². The molecule has 0 atom stereocenters. The summed E-state index contributed by atoms with van der Waals surface area (Å²) in [5.41, 5.74) is 20.9. The Kier molecular flexibility index (Phi) is 7.82. The Morgan fingerprint density at radius 3 is 0.800 bits per heavy atom. The Hall–Kier alpha value is -4.77. The van der Waals surface area contributed by atoms with Crippen molar-refractivity contribution in [1.29, 1.82) is 0 Å². The molecule has 0 spiro atoms. The van der Waals surface area contributed by atoms with Crippen LogP contribution >= 0.6 is 0 Å². The number of rotatable bonds is 5. The predicted octanol–water partition coefficient (Wildman–Crippen LogP) is 9.07. The van der Waals surface area contributed by atoms with E-state index in [-0.39, 0.29) is 5.92 Å². The van der Waals surface area contributed by atoms with Gasteiger partial charge in [0.25, 0.3) is 0 Å². The van der Waals surface area contributed by atoms with E-state index in [9.17, 15) is 0 Å². The molecule has 45 heavy (non-hydrogen) atoms. The van der Waals surface area contributed by atoms with Crippen LogP contribution in [0.2, 0.25) is 0 Å². The molecule has 0 N–H and O–H groups in total. The third kappa shape index (κ3) is 6.00. The van der Waals surface area contributed by atoms with Crippen LogP contribution in [0.4, 0.5) is 0 Å². The van der Waals surface area contributed by atoms with Gasteiger partial charge in [-0.1, -0.05) is 0 Å². The number of nitrogens with zero attached hydrogens (tertiary/aromatic N) is 5. The minimum Gasteiger partial charge on any atom is -0.258 e. The van der Waals surface area contributed by atoms with Gasteiger partial charge in [0.2, 0.25) is 0 Å². The molecule has 1 aliphatic rings. The molecular weight excluding hydrogens is 550 g/mol. The first-order valence-electron chi connectivity index (χ1n) is 15.6. The van der Waals surface area contributed by atoms with Crippen LogP contribution in [0.5, 0.6) is 0 Å². The van der Waals surface area contributed by atoms with Gasteiger partial charge in [-0.2, -0.15) is 0 Å². The Bertz CT molecular complexity index is 1840. The second-order valence-corrected chi connectivity index (χ2v) is 12.7. The lowest BCUT2D eigenvalue weighted by Gasteiger charge is -2.23. The van der Waals surface area contributed by atoms with E-state index in [2.05, 4.69) is 130 Å². The summed E-state index contributed by atoms with van der Waals surface area (Å²) >= 11 is 0. The third-order valence-corrected chi connectivity index (χ3v) is 8.33. The van der Waals surface area contributed by atoms with Crippen molar-refractivity contribution >= 4 is 22.3 Å². The standard InChI is InChI=1S/C40H41N5/c1-21-11-31(12-22(2)41-21)36-37(32-13-23(3)42-24(4)14-32)39(34-17-27(7)44-28(8)18-34)40(35-19-29(9)45-30(10)20-35)38(36)33-15-25(5)43-26(6)16-33/h11-20,36H,1-10H3. The quantitative estimate of drug-likeness (QED) is 0.204. The lowest BCUT2D eigenvalue weighted by molar-refractivity contribution is 1.04. The monoisotopic (exact) mass is 591 g/mol. The van der Waals surface area contributed by atoms with Crippen LogP contribution < -0.4 is 0 Å². The molecule has 0 saturated carbocycles. The van der Waals surface area contributed by atoms with Gasteiger partial charge in [-0.3, -0.25) is 24.9 Å². The molecule has 0 aromatic carbocycles. The van der Waals surface area contributed by atoms with Gasteiger partial charge in [0, 0.05) is 62.9 Å². The molecule has 5 aromatic heterocycles. The number of hydrogen-bond acceptors (Lipinski definition) is 5. The molecule has 0 radical (unpaired) electrons. The highest BCUT2D eigenvalue weighted by atomic mass is 14.7. The van der Waals surface area contributed by atoms with Gasteiger partial charge in [0.05, 0.1) is 0 Å². The molecule has 0 fully saturated rings. The van der Waals surface area contributed by atoms with Crippen LogP contribution in [0, 0.1) is 69.2 Å². The summed E-state index contributed by atoms with van der Waals surface area (Å²) < 4.78 is 0. The highest BCUT2D eigenvalue weighted by Gasteiger charge is 2.38.